The molecule has 3 nitrogen and oxygen atoms in total. The van der Waals surface area contributed by atoms with Gasteiger partial charge in [-0.15, -0.1) is 12.4 Å². The summed E-state index contributed by atoms with van der Waals surface area (Å²) in [5.74, 6) is 1.74. The molecule has 1 aromatic carbocycles. The third-order valence-corrected chi connectivity index (χ3v) is 2.54. The molecule has 1 heterocycles. The van der Waals surface area contributed by atoms with Crippen LogP contribution in [-0.2, 0) is 6.42 Å². The lowest BCUT2D eigenvalue weighted by molar-refractivity contribution is 0.394. The lowest BCUT2D eigenvalue weighted by Crippen LogP contribution is -2.12. The van der Waals surface area contributed by atoms with Crippen LogP contribution in [0.25, 0.3) is 0 Å². The van der Waals surface area contributed by atoms with Gasteiger partial charge in [0.25, 0.3) is 0 Å². The molecule has 2 rings (SSSR count). The third kappa shape index (κ3) is 2.29. The van der Waals surface area contributed by atoms with E-state index in [9.17, 15) is 0 Å². The summed E-state index contributed by atoms with van der Waals surface area (Å²) in [6.45, 7) is 1.02. The first kappa shape index (κ1) is 12.0. The van der Waals surface area contributed by atoms with E-state index in [4.69, 9.17) is 9.47 Å². The van der Waals surface area contributed by atoms with Gasteiger partial charge in [-0.2, -0.15) is 0 Å². The van der Waals surface area contributed by atoms with Gasteiger partial charge in [-0.25, -0.2) is 0 Å². The highest BCUT2D eigenvalue weighted by molar-refractivity contribution is 5.85. The van der Waals surface area contributed by atoms with Crippen LogP contribution in [0.3, 0.4) is 0 Å². The van der Waals surface area contributed by atoms with E-state index < -0.39 is 0 Å². The quantitative estimate of drug-likeness (QED) is 0.845. The fourth-order valence-corrected chi connectivity index (χ4v) is 1.81. The minimum atomic E-state index is 0. The van der Waals surface area contributed by atoms with E-state index in [1.54, 1.807) is 14.2 Å². The van der Waals surface area contributed by atoms with Gasteiger partial charge in [0.2, 0.25) is 0 Å². The SMILES string of the molecule is COc1cc2c(c(OC)c1)NCCC2.Cl. The topological polar surface area (TPSA) is 30.5 Å². The Kier molecular flexibility index (Phi) is 4.09. The Balaban J connectivity index is 0.00000112. The molecule has 0 spiro atoms. The van der Waals surface area contributed by atoms with E-state index in [0.29, 0.717) is 0 Å². The predicted molar refractivity (Wildman–Crippen MR) is 63.6 cm³/mol. The molecular weight excluding hydrogens is 214 g/mol. The number of hydrogen-bond acceptors (Lipinski definition) is 3. The smallest absolute Gasteiger partial charge is 0.145 e. The molecule has 0 atom stereocenters. The number of hydrogen-bond donors (Lipinski definition) is 1. The van der Waals surface area contributed by atoms with Crippen molar-refractivity contribution in [3.05, 3.63) is 17.7 Å². The van der Waals surface area contributed by atoms with Crippen molar-refractivity contribution in [1.29, 1.82) is 0 Å². The van der Waals surface area contributed by atoms with E-state index in [1.807, 2.05) is 6.07 Å². The van der Waals surface area contributed by atoms with Gasteiger partial charge in [0.1, 0.15) is 11.5 Å². The highest BCUT2D eigenvalue weighted by atomic mass is 35.5. The molecule has 0 bridgehead atoms. The van der Waals surface area contributed by atoms with Gasteiger partial charge in [-0.1, -0.05) is 0 Å². The van der Waals surface area contributed by atoms with Crippen LogP contribution in [0.2, 0.25) is 0 Å². The summed E-state index contributed by atoms with van der Waals surface area (Å²) in [5.41, 5.74) is 2.41. The largest absolute Gasteiger partial charge is 0.497 e. The Morgan fingerprint density at radius 1 is 1.20 bits per heavy atom. The molecule has 15 heavy (non-hydrogen) atoms. The maximum Gasteiger partial charge on any atom is 0.145 e. The van der Waals surface area contributed by atoms with Gasteiger partial charge in [0, 0.05) is 12.6 Å². The standard InChI is InChI=1S/C11H15NO2.ClH/c1-13-9-6-8-4-3-5-12-11(8)10(7-9)14-2;/h6-7,12H,3-5H2,1-2H3;1H. The van der Waals surface area contributed by atoms with Crippen molar-refractivity contribution in [2.24, 2.45) is 0 Å². The van der Waals surface area contributed by atoms with Crippen LogP contribution >= 0.6 is 12.4 Å². The summed E-state index contributed by atoms with van der Waals surface area (Å²) in [7, 11) is 3.36. The first-order valence-corrected chi connectivity index (χ1v) is 4.84. The Morgan fingerprint density at radius 2 is 2.00 bits per heavy atom. The Labute approximate surface area is 96.2 Å². The highest BCUT2D eigenvalue weighted by Crippen LogP contribution is 2.35. The van der Waals surface area contributed by atoms with Crippen LogP contribution in [0.1, 0.15) is 12.0 Å². The second kappa shape index (κ2) is 5.12. The minimum absolute atomic E-state index is 0. The Morgan fingerprint density at radius 3 is 2.67 bits per heavy atom. The molecule has 0 aromatic heterocycles. The van der Waals surface area contributed by atoms with Gasteiger partial charge in [-0.05, 0) is 24.5 Å². The van der Waals surface area contributed by atoms with Crippen LogP contribution in [-0.4, -0.2) is 20.8 Å². The molecule has 84 valence electrons. The molecule has 1 aliphatic heterocycles. The summed E-state index contributed by atoms with van der Waals surface area (Å²) < 4.78 is 10.5. The molecule has 0 fully saturated rings. The zero-order valence-corrected chi connectivity index (χ0v) is 9.82. The van der Waals surface area contributed by atoms with E-state index in [2.05, 4.69) is 11.4 Å². The molecular formula is C11H16ClNO2. The van der Waals surface area contributed by atoms with Crippen LogP contribution in [0.5, 0.6) is 11.5 Å². The fraction of sp³-hybridized carbons (Fsp3) is 0.455. The van der Waals surface area contributed by atoms with Crippen LogP contribution in [0, 0.1) is 0 Å². The predicted octanol–water partition coefficient (Wildman–Crippen LogP) is 2.48. The molecule has 1 aromatic rings. The zero-order valence-electron chi connectivity index (χ0n) is 9.00. The van der Waals surface area contributed by atoms with E-state index >= 15 is 0 Å². The molecule has 0 aliphatic carbocycles. The molecule has 0 unspecified atom stereocenters. The summed E-state index contributed by atoms with van der Waals surface area (Å²) in [6.07, 6.45) is 2.26. The van der Waals surface area contributed by atoms with E-state index in [1.165, 1.54) is 12.0 Å². The fourth-order valence-electron chi connectivity index (χ4n) is 1.81. The highest BCUT2D eigenvalue weighted by Gasteiger charge is 2.14. The lowest BCUT2D eigenvalue weighted by atomic mass is 10.0. The van der Waals surface area contributed by atoms with Gasteiger partial charge in [0.05, 0.1) is 19.9 Å². The minimum Gasteiger partial charge on any atom is -0.497 e. The molecule has 1 N–H and O–H groups in total. The maximum atomic E-state index is 5.31. The Bertz CT molecular complexity index is 324. The van der Waals surface area contributed by atoms with Crippen LogP contribution in [0.15, 0.2) is 12.1 Å². The summed E-state index contributed by atoms with van der Waals surface area (Å²) in [4.78, 5) is 0. The number of rotatable bonds is 2. The Hall–Kier alpha value is -1.09. The number of anilines is 1. The van der Waals surface area contributed by atoms with Gasteiger partial charge in [-0.3, -0.25) is 0 Å². The first-order chi connectivity index (χ1) is 6.85. The number of nitrogens with one attached hydrogen (secondary N) is 1. The summed E-state index contributed by atoms with van der Waals surface area (Å²) in [6, 6.07) is 3.99. The van der Waals surface area contributed by atoms with Crippen molar-refractivity contribution in [2.75, 3.05) is 26.1 Å². The monoisotopic (exact) mass is 229 g/mol. The lowest BCUT2D eigenvalue weighted by Gasteiger charge is -2.21. The van der Waals surface area contributed by atoms with E-state index in [0.717, 1.165) is 30.2 Å². The second-order valence-electron chi connectivity index (χ2n) is 3.39. The van der Waals surface area contributed by atoms with Crippen molar-refractivity contribution in [3.8, 4) is 11.5 Å². The van der Waals surface area contributed by atoms with Gasteiger partial charge >= 0.3 is 0 Å². The normalized spacial score (nSPS) is 13.2. The second-order valence-corrected chi connectivity index (χ2v) is 3.39. The molecule has 1 aliphatic rings. The van der Waals surface area contributed by atoms with Crippen LogP contribution in [0.4, 0.5) is 5.69 Å². The van der Waals surface area contributed by atoms with Crippen molar-refractivity contribution < 1.29 is 9.47 Å². The van der Waals surface area contributed by atoms with Crippen molar-refractivity contribution in [1.82, 2.24) is 0 Å². The molecule has 0 saturated heterocycles. The first-order valence-electron chi connectivity index (χ1n) is 4.84. The zero-order chi connectivity index (χ0) is 9.97. The molecule has 0 amide bonds. The van der Waals surface area contributed by atoms with E-state index in [-0.39, 0.29) is 12.4 Å². The number of benzene rings is 1. The average Bonchev–Trinajstić information content (AvgIpc) is 2.27. The maximum absolute atomic E-state index is 5.31. The van der Waals surface area contributed by atoms with Crippen molar-refractivity contribution in [3.63, 3.8) is 0 Å². The number of methoxy groups -OCH3 is 2. The van der Waals surface area contributed by atoms with Gasteiger partial charge in [0.15, 0.2) is 0 Å². The van der Waals surface area contributed by atoms with Crippen molar-refractivity contribution >= 4 is 18.1 Å². The average molecular weight is 230 g/mol. The van der Waals surface area contributed by atoms with Crippen molar-refractivity contribution in [2.45, 2.75) is 12.8 Å². The molecule has 4 heteroatoms. The molecule has 0 radical (unpaired) electrons. The number of halogens is 1. The number of fused-ring (bicyclic) bond motifs is 1. The molecule has 0 saturated carbocycles. The summed E-state index contributed by atoms with van der Waals surface area (Å²) in [5, 5.41) is 3.35. The summed E-state index contributed by atoms with van der Waals surface area (Å²) >= 11 is 0. The number of ether oxygens (including phenoxy) is 2. The van der Waals surface area contributed by atoms with Gasteiger partial charge < -0.3 is 14.8 Å². The third-order valence-electron chi connectivity index (χ3n) is 2.54. The number of aryl methyl sites for hydroxylation is 1. The van der Waals surface area contributed by atoms with Crippen LogP contribution < -0.4 is 14.8 Å².